The molecule has 338 valence electrons. The second-order valence-electron chi connectivity index (χ2n) is 15.6. The Balaban J connectivity index is 1.82. The van der Waals surface area contributed by atoms with Crippen molar-refractivity contribution in [2.24, 2.45) is 5.41 Å². The van der Waals surface area contributed by atoms with Gasteiger partial charge in [0.25, 0.3) is 5.91 Å². The minimum atomic E-state index is -6.17. The normalized spacial score (nSPS) is 13.5. The number of hydrogen-bond acceptors (Lipinski definition) is 5. The number of Topliss-reactive ketones (excluding diaryl/α,β-unsaturated/α-hetero) is 1. The van der Waals surface area contributed by atoms with E-state index < -0.39 is 109 Å². The van der Waals surface area contributed by atoms with Crippen molar-refractivity contribution in [1.29, 1.82) is 0 Å². The summed E-state index contributed by atoms with van der Waals surface area (Å²) < 4.78 is 180. The topological polar surface area (TPSA) is 98.7 Å². The largest absolute Gasteiger partial charge is 0.506 e. The van der Waals surface area contributed by atoms with Gasteiger partial charge < -0.3 is 20.8 Å². The molecule has 0 spiro atoms. The SMILES string of the molecule is CCC(C)(CC)Nc1cc(C(c2ccc(O)c(NC(=O)c3ccc(C(c4ccc(C(=O)C(C)(CC)CC)cc4)(C(F)(F)F)C(F)(F)F)cc3)c2)(C(F)(F)F)C(F)(F)F)ccc1O. The van der Waals surface area contributed by atoms with E-state index in [0.717, 1.165) is 12.1 Å². The molecule has 4 aromatic rings. The second kappa shape index (κ2) is 17.0. The number of phenolic OH excluding ortho intramolecular Hbond substituents is 2. The van der Waals surface area contributed by atoms with E-state index in [1.54, 1.807) is 41.5 Å². The molecule has 0 aromatic heterocycles. The Kier molecular flexibility index (Phi) is 13.5. The average Bonchev–Trinajstić information content (AvgIpc) is 3.18. The van der Waals surface area contributed by atoms with Gasteiger partial charge in [0, 0.05) is 22.1 Å². The monoisotopic (exact) mass is 892 g/mol. The predicted molar refractivity (Wildman–Crippen MR) is 208 cm³/mol. The maximum Gasteiger partial charge on any atom is 0.411 e. The Labute approximate surface area is 349 Å². The van der Waals surface area contributed by atoms with Crippen LogP contribution >= 0.6 is 0 Å². The molecule has 0 saturated carbocycles. The highest BCUT2D eigenvalue weighted by atomic mass is 19.4. The first-order valence-electron chi connectivity index (χ1n) is 19.2. The lowest BCUT2D eigenvalue weighted by Gasteiger charge is -2.39. The van der Waals surface area contributed by atoms with Gasteiger partial charge in [0.1, 0.15) is 11.5 Å². The number of phenols is 2. The molecule has 0 aliphatic carbocycles. The van der Waals surface area contributed by atoms with Crippen molar-refractivity contribution < 1.29 is 72.5 Å². The molecule has 0 heterocycles. The summed E-state index contributed by atoms with van der Waals surface area (Å²) in [6, 6.07) is 6.91. The fraction of sp³-hybridized carbons (Fsp3) is 0.409. The second-order valence-corrected chi connectivity index (χ2v) is 15.6. The van der Waals surface area contributed by atoms with Crippen LogP contribution in [0, 0.1) is 5.41 Å². The maximum atomic E-state index is 15.1. The molecule has 4 N–H and O–H groups in total. The number of anilines is 2. The zero-order valence-electron chi connectivity index (χ0n) is 34.2. The highest BCUT2D eigenvalue weighted by molar-refractivity contribution is 6.05. The number of halogens is 12. The van der Waals surface area contributed by atoms with Gasteiger partial charge in [0.2, 0.25) is 10.8 Å². The molecule has 0 unspecified atom stereocenters. The summed E-state index contributed by atoms with van der Waals surface area (Å²) in [5, 5.41) is 25.7. The predicted octanol–water partition coefficient (Wildman–Crippen LogP) is 13.2. The first-order valence-corrected chi connectivity index (χ1v) is 19.2. The Morgan fingerprint density at radius 1 is 0.484 bits per heavy atom. The molecule has 62 heavy (non-hydrogen) atoms. The van der Waals surface area contributed by atoms with Crippen LogP contribution in [0.25, 0.3) is 0 Å². The molecule has 0 saturated heterocycles. The van der Waals surface area contributed by atoms with E-state index in [-0.39, 0.29) is 11.6 Å². The third-order valence-electron chi connectivity index (χ3n) is 12.1. The van der Waals surface area contributed by atoms with Gasteiger partial charge in [-0.1, -0.05) is 83.1 Å². The van der Waals surface area contributed by atoms with Gasteiger partial charge in [-0.05, 0) is 91.3 Å². The molecule has 4 rings (SSSR count). The van der Waals surface area contributed by atoms with E-state index in [1.807, 2.05) is 5.32 Å². The highest BCUT2D eigenvalue weighted by Crippen LogP contribution is 2.59. The van der Waals surface area contributed by atoms with Crippen LogP contribution in [0.4, 0.5) is 64.1 Å². The zero-order chi connectivity index (χ0) is 47.1. The van der Waals surface area contributed by atoms with E-state index in [9.17, 15) is 46.1 Å². The van der Waals surface area contributed by atoms with Gasteiger partial charge >= 0.3 is 24.7 Å². The summed E-state index contributed by atoms with van der Waals surface area (Å²) in [6.07, 6.45) is -23.1. The van der Waals surface area contributed by atoms with Crippen LogP contribution in [0.1, 0.15) is 110 Å². The quantitative estimate of drug-likeness (QED) is 0.0574. The average molecular weight is 893 g/mol. The van der Waals surface area contributed by atoms with Crippen molar-refractivity contribution in [3.05, 3.63) is 118 Å². The molecule has 0 radical (unpaired) electrons. The summed E-state index contributed by atoms with van der Waals surface area (Å²) in [5.41, 5.74) is -19.4. The fourth-order valence-electron chi connectivity index (χ4n) is 7.31. The fourth-order valence-corrected chi connectivity index (χ4v) is 7.31. The number of benzene rings is 4. The molecule has 1 amide bonds. The first-order chi connectivity index (χ1) is 28.4. The molecule has 4 aromatic carbocycles. The summed E-state index contributed by atoms with van der Waals surface area (Å²) in [4.78, 5) is 26.4. The van der Waals surface area contributed by atoms with Gasteiger partial charge in [-0.25, -0.2) is 0 Å². The van der Waals surface area contributed by atoms with Crippen LogP contribution in [0.2, 0.25) is 0 Å². The summed E-state index contributed by atoms with van der Waals surface area (Å²) in [5.74, 6) is -3.67. The van der Waals surface area contributed by atoms with E-state index in [0.29, 0.717) is 92.4 Å². The molecule has 0 bridgehead atoms. The summed E-state index contributed by atoms with van der Waals surface area (Å²) >= 11 is 0. The number of rotatable bonds is 14. The molecular formula is C44H44F12N2O4. The number of amides is 1. The number of ketones is 1. The third-order valence-corrected chi connectivity index (χ3v) is 12.1. The zero-order valence-corrected chi connectivity index (χ0v) is 34.2. The number of carbonyl (C=O) groups is 2. The van der Waals surface area contributed by atoms with Gasteiger partial charge in [-0.2, -0.15) is 52.7 Å². The Morgan fingerprint density at radius 2 is 0.823 bits per heavy atom. The number of alkyl halides is 12. The number of hydrogen-bond donors (Lipinski definition) is 4. The van der Waals surface area contributed by atoms with Gasteiger partial charge in [0.05, 0.1) is 11.4 Å². The summed E-state index contributed by atoms with van der Waals surface area (Å²) in [7, 11) is 0. The lowest BCUT2D eigenvalue weighted by atomic mass is 9.72. The summed E-state index contributed by atoms with van der Waals surface area (Å²) in [6.45, 7) is 10.0. The van der Waals surface area contributed by atoms with E-state index >= 15 is 26.3 Å². The molecule has 6 nitrogen and oxygen atoms in total. The van der Waals surface area contributed by atoms with Crippen LogP contribution < -0.4 is 10.6 Å². The minimum Gasteiger partial charge on any atom is -0.506 e. The van der Waals surface area contributed by atoms with Gasteiger partial charge in [0.15, 0.2) is 5.78 Å². The van der Waals surface area contributed by atoms with Gasteiger partial charge in [-0.15, -0.1) is 0 Å². The molecule has 18 heteroatoms. The smallest absolute Gasteiger partial charge is 0.411 e. The standard InChI is InChI=1S/C44H44F12N2O4/c1-7-37(5,8-2)35(61)25-11-15-27(16-12-25)39(41(45,46)47,42(48,49)50)28-17-13-26(14-18-28)36(62)57-31-23-29(19-21-33(31)59)40(43(51,52)53,44(54,55)56)30-20-22-34(60)32(24-30)58-38(6,9-3)10-4/h11-24,58-60H,7-10H2,1-6H3,(H,57,62). The number of carbonyl (C=O) groups excluding carboxylic acids is 2. The van der Waals surface area contributed by atoms with Crippen molar-refractivity contribution in [2.75, 3.05) is 10.6 Å². The highest BCUT2D eigenvalue weighted by Gasteiger charge is 2.74. The molecule has 0 aliphatic heterocycles. The van der Waals surface area contributed by atoms with E-state index in [4.69, 9.17) is 0 Å². The number of nitrogens with one attached hydrogen (secondary N) is 2. The van der Waals surface area contributed by atoms with Crippen LogP contribution in [-0.2, 0) is 10.8 Å². The lowest BCUT2D eigenvalue weighted by Crippen LogP contribution is -2.54. The minimum absolute atomic E-state index is 0.128. The van der Waals surface area contributed by atoms with Crippen LogP contribution in [0.5, 0.6) is 11.5 Å². The molecule has 0 atom stereocenters. The van der Waals surface area contributed by atoms with Crippen molar-refractivity contribution in [1.82, 2.24) is 0 Å². The lowest BCUT2D eigenvalue weighted by molar-refractivity contribution is -0.290. The van der Waals surface area contributed by atoms with Crippen LogP contribution in [-0.4, -0.2) is 52.1 Å². The third kappa shape index (κ3) is 8.52. The van der Waals surface area contributed by atoms with Crippen molar-refractivity contribution >= 4 is 23.1 Å². The number of aromatic hydroxyl groups is 2. The Bertz CT molecular complexity index is 2210. The van der Waals surface area contributed by atoms with E-state index in [1.165, 1.54) is 0 Å². The first kappa shape index (κ1) is 49.2. The van der Waals surface area contributed by atoms with E-state index in [2.05, 4.69) is 5.32 Å². The van der Waals surface area contributed by atoms with Crippen molar-refractivity contribution in [2.45, 2.75) is 108 Å². The molecule has 0 fully saturated rings. The molecular weight excluding hydrogens is 848 g/mol. The molecule has 0 aliphatic rings. The van der Waals surface area contributed by atoms with Gasteiger partial charge in [-0.3, -0.25) is 9.59 Å². The van der Waals surface area contributed by atoms with Crippen molar-refractivity contribution in [3.8, 4) is 11.5 Å². The Hall–Kier alpha value is -5.42. The van der Waals surface area contributed by atoms with Crippen molar-refractivity contribution in [3.63, 3.8) is 0 Å². The van der Waals surface area contributed by atoms with Crippen LogP contribution in [0.15, 0.2) is 84.9 Å². The Morgan fingerprint density at radius 3 is 1.19 bits per heavy atom. The maximum absolute atomic E-state index is 15.1. The van der Waals surface area contributed by atoms with Crippen LogP contribution in [0.3, 0.4) is 0 Å².